The lowest BCUT2D eigenvalue weighted by atomic mass is 10.4. The molecule has 0 aliphatic rings. The van der Waals surface area contributed by atoms with Crippen LogP contribution < -0.4 is 10.5 Å². The predicted molar refractivity (Wildman–Crippen MR) is 70.7 cm³/mol. The lowest BCUT2D eigenvalue weighted by Crippen LogP contribution is -2.22. The van der Waals surface area contributed by atoms with Gasteiger partial charge >= 0.3 is 5.69 Å². The fourth-order valence-electron chi connectivity index (χ4n) is 1.39. The summed E-state index contributed by atoms with van der Waals surface area (Å²) in [5.41, 5.74) is 5.39. The van der Waals surface area contributed by atoms with Gasteiger partial charge in [-0.1, -0.05) is 16.5 Å². The third kappa shape index (κ3) is 2.95. The average Bonchev–Trinajstić information content (AvgIpc) is 2.93. The van der Waals surface area contributed by atoms with Crippen LogP contribution in [0.25, 0.3) is 0 Å². The number of sulfonamides is 1. The number of thiophene rings is 1. The molecule has 9 nitrogen and oxygen atoms in total. The van der Waals surface area contributed by atoms with Gasteiger partial charge < -0.3 is 10.3 Å². The van der Waals surface area contributed by atoms with Crippen molar-refractivity contribution in [3.8, 4) is 0 Å². The number of aromatic nitrogens is 1. The zero-order valence-electron chi connectivity index (χ0n) is 10.2. The number of hydrogen-bond acceptors (Lipinski definition) is 8. The smallest absolute Gasteiger partial charge is 0.304 e. The van der Waals surface area contributed by atoms with Gasteiger partial charge in [0.1, 0.15) is 9.97 Å². The summed E-state index contributed by atoms with van der Waals surface area (Å²) < 4.78 is 30.8. The van der Waals surface area contributed by atoms with Gasteiger partial charge in [0.15, 0.2) is 5.00 Å². The van der Waals surface area contributed by atoms with Gasteiger partial charge in [0.25, 0.3) is 10.0 Å². The Morgan fingerprint density at radius 3 is 2.75 bits per heavy atom. The summed E-state index contributed by atoms with van der Waals surface area (Å²) >= 11 is 0.632. The second-order valence-electron chi connectivity index (χ2n) is 3.83. The van der Waals surface area contributed by atoms with E-state index in [0.717, 1.165) is 6.07 Å². The summed E-state index contributed by atoms with van der Waals surface area (Å²) in [5.74, 6) is 0.551. The molecule has 0 aromatic carbocycles. The fraction of sp³-hybridized carbons (Fsp3) is 0.222. The SMILES string of the molecule is Cc1cc(CNS(=O)(=O)c2cc([N+](=O)[O-])c(N)s2)no1. The Kier molecular flexibility index (Phi) is 3.74. The molecule has 20 heavy (non-hydrogen) atoms. The van der Waals surface area contributed by atoms with Gasteiger partial charge in [-0.3, -0.25) is 10.1 Å². The highest BCUT2D eigenvalue weighted by atomic mass is 32.2. The molecule has 0 unspecified atom stereocenters. The Labute approximate surface area is 117 Å². The normalized spacial score (nSPS) is 11.7. The Bertz CT molecular complexity index is 748. The van der Waals surface area contributed by atoms with E-state index in [1.54, 1.807) is 13.0 Å². The van der Waals surface area contributed by atoms with E-state index in [1.165, 1.54) is 0 Å². The summed E-state index contributed by atoms with van der Waals surface area (Å²) in [4.78, 5) is 9.91. The van der Waals surface area contributed by atoms with E-state index in [1.807, 2.05) is 0 Å². The minimum absolute atomic E-state index is 0.0781. The minimum atomic E-state index is -3.88. The molecule has 0 saturated carbocycles. The molecule has 108 valence electrons. The topological polar surface area (TPSA) is 141 Å². The van der Waals surface area contributed by atoms with Crippen LogP contribution >= 0.6 is 11.3 Å². The Hall–Kier alpha value is -1.98. The first-order chi connectivity index (χ1) is 9.29. The van der Waals surface area contributed by atoms with Gasteiger partial charge in [-0.2, -0.15) is 0 Å². The number of nitrogens with one attached hydrogen (secondary N) is 1. The first-order valence-electron chi connectivity index (χ1n) is 5.25. The van der Waals surface area contributed by atoms with Crippen molar-refractivity contribution in [3.05, 3.63) is 33.7 Å². The van der Waals surface area contributed by atoms with Crippen molar-refractivity contribution in [2.75, 3.05) is 5.73 Å². The summed E-state index contributed by atoms with van der Waals surface area (Å²) in [5, 5.41) is 14.1. The Morgan fingerprint density at radius 1 is 1.55 bits per heavy atom. The molecule has 2 rings (SSSR count). The van der Waals surface area contributed by atoms with Crippen molar-refractivity contribution < 1.29 is 17.9 Å². The number of nitrogens with zero attached hydrogens (tertiary/aromatic N) is 2. The van der Waals surface area contributed by atoms with Crippen LogP contribution in [0, 0.1) is 17.0 Å². The Morgan fingerprint density at radius 2 is 2.25 bits per heavy atom. The van der Waals surface area contributed by atoms with Crippen LogP contribution in [0.3, 0.4) is 0 Å². The van der Waals surface area contributed by atoms with Crippen LogP contribution in [0.15, 0.2) is 20.9 Å². The molecule has 0 aliphatic carbocycles. The molecule has 3 N–H and O–H groups in total. The molecule has 11 heteroatoms. The van der Waals surface area contributed by atoms with Gasteiger partial charge in [-0.25, -0.2) is 13.1 Å². The largest absolute Gasteiger partial charge is 0.385 e. The van der Waals surface area contributed by atoms with E-state index < -0.39 is 20.6 Å². The molecule has 0 aliphatic heterocycles. The van der Waals surface area contributed by atoms with E-state index in [2.05, 4.69) is 9.88 Å². The van der Waals surface area contributed by atoms with Gasteiger partial charge in [-0.05, 0) is 6.92 Å². The molecule has 0 saturated heterocycles. The molecular weight excluding hydrogens is 308 g/mol. The van der Waals surface area contributed by atoms with Crippen LogP contribution in [0.5, 0.6) is 0 Å². The summed E-state index contributed by atoms with van der Waals surface area (Å²) in [7, 11) is -3.88. The zero-order valence-corrected chi connectivity index (χ0v) is 11.8. The van der Waals surface area contributed by atoms with Crippen LogP contribution in [0.4, 0.5) is 10.7 Å². The minimum Gasteiger partial charge on any atom is -0.385 e. The molecule has 2 aromatic rings. The number of hydrogen-bond donors (Lipinski definition) is 2. The van der Waals surface area contributed by atoms with Gasteiger partial charge in [0.2, 0.25) is 0 Å². The van der Waals surface area contributed by atoms with Crippen LogP contribution in [-0.2, 0) is 16.6 Å². The maximum atomic E-state index is 12.0. The molecule has 0 amide bonds. The zero-order chi connectivity index (χ0) is 14.9. The molecule has 0 fully saturated rings. The number of nitrogens with two attached hydrogens (primary N) is 1. The highest BCUT2D eigenvalue weighted by Crippen LogP contribution is 2.34. The molecule has 0 atom stereocenters. The first kappa shape index (κ1) is 14.4. The highest BCUT2D eigenvalue weighted by molar-refractivity contribution is 7.91. The lowest BCUT2D eigenvalue weighted by Gasteiger charge is -2.00. The molecule has 2 heterocycles. The average molecular weight is 318 g/mol. The number of anilines is 1. The second-order valence-corrected chi connectivity index (χ2v) is 6.90. The van der Waals surface area contributed by atoms with Crippen molar-refractivity contribution in [1.82, 2.24) is 9.88 Å². The molecule has 0 spiro atoms. The summed E-state index contributed by atoms with van der Waals surface area (Å²) in [6, 6.07) is 2.50. The van der Waals surface area contributed by atoms with Crippen molar-refractivity contribution in [2.45, 2.75) is 17.7 Å². The van der Waals surface area contributed by atoms with Crippen LogP contribution in [0.1, 0.15) is 11.5 Å². The van der Waals surface area contributed by atoms with Crippen molar-refractivity contribution in [1.29, 1.82) is 0 Å². The number of nitrogen functional groups attached to an aromatic ring is 1. The summed E-state index contributed by atoms with van der Waals surface area (Å²) in [6.45, 7) is 1.60. The standard InChI is InChI=1S/C9H10N4O5S2/c1-5-2-6(12-18-5)4-11-20(16,17)8-3-7(13(14)15)9(10)19-8/h2-3,11H,4,10H2,1H3. The predicted octanol–water partition coefficient (Wildman–Crippen LogP) is 1.01. The van der Waals surface area contributed by atoms with E-state index in [0.29, 0.717) is 22.8 Å². The van der Waals surface area contributed by atoms with E-state index >= 15 is 0 Å². The lowest BCUT2D eigenvalue weighted by molar-refractivity contribution is -0.383. The van der Waals surface area contributed by atoms with Gasteiger partial charge in [0.05, 0.1) is 17.2 Å². The molecule has 0 radical (unpaired) electrons. The van der Waals surface area contributed by atoms with E-state index in [9.17, 15) is 18.5 Å². The number of nitro groups is 1. The van der Waals surface area contributed by atoms with Crippen molar-refractivity contribution in [3.63, 3.8) is 0 Å². The molecule has 0 bridgehead atoms. The molecule has 2 aromatic heterocycles. The fourth-order valence-corrected chi connectivity index (χ4v) is 3.65. The van der Waals surface area contributed by atoms with E-state index in [-0.39, 0.29) is 15.8 Å². The maximum Gasteiger partial charge on any atom is 0.304 e. The Balaban J connectivity index is 2.18. The van der Waals surface area contributed by atoms with Crippen LogP contribution in [-0.4, -0.2) is 18.5 Å². The monoisotopic (exact) mass is 318 g/mol. The van der Waals surface area contributed by atoms with Gasteiger partial charge in [0, 0.05) is 12.1 Å². The highest BCUT2D eigenvalue weighted by Gasteiger charge is 2.24. The second kappa shape index (κ2) is 5.19. The number of rotatable bonds is 5. The number of aryl methyl sites for hydroxylation is 1. The van der Waals surface area contributed by atoms with Gasteiger partial charge in [-0.15, -0.1) is 0 Å². The van der Waals surface area contributed by atoms with Crippen molar-refractivity contribution in [2.24, 2.45) is 0 Å². The molecular formula is C9H10N4O5S2. The third-order valence-corrected chi connectivity index (χ3v) is 5.13. The summed E-state index contributed by atoms with van der Waals surface area (Å²) in [6.07, 6.45) is 0. The van der Waals surface area contributed by atoms with E-state index in [4.69, 9.17) is 10.3 Å². The first-order valence-corrected chi connectivity index (χ1v) is 7.55. The third-order valence-electron chi connectivity index (χ3n) is 2.30. The quantitative estimate of drug-likeness (QED) is 0.619. The maximum absolute atomic E-state index is 12.0. The van der Waals surface area contributed by atoms with Crippen molar-refractivity contribution >= 4 is 32.0 Å². The van der Waals surface area contributed by atoms with Crippen LogP contribution in [0.2, 0.25) is 0 Å².